The molecule has 0 aliphatic carbocycles. The van der Waals surface area contributed by atoms with Crippen molar-refractivity contribution in [3.63, 3.8) is 0 Å². The first-order valence-electron chi connectivity index (χ1n) is 7.79. The van der Waals surface area contributed by atoms with E-state index in [1.165, 1.54) is 16.5 Å². The van der Waals surface area contributed by atoms with Crippen molar-refractivity contribution in [3.05, 3.63) is 71.9 Å². The predicted molar refractivity (Wildman–Crippen MR) is 96.8 cm³/mol. The quantitative estimate of drug-likeness (QED) is 0.791. The normalized spacial score (nSPS) is 11.5. The van der Waals surface area contributed by atoms with Crippen LogP contribution < -0.4 is 10.5 Å². The maximum atomic E-state index is 5.73. The molecule has 1 heterocycles. The second-order valence-electron chi connectivity index (χ2n) is 5.67. The van der Waals surface area contributed by atoms with Crippen LogP contribution in [0.25, 0.3) is 10.9 Å². The van der Waals surface area contributed by atoms with Crippen LogP contribution in [0.4, 0.5) is 0 Å². The molecule has 0 saturated heterocycles. The van der Waals surface area contributed by atoms with Crippen LogP contribution in [-0.2, 0) is 6.42 Å². The Morgan fingerprint density at radius 3 is 2.48 bits per heavy atom. The molecule has 3 aromatic rings. The number of para-hydroxylation sites is 1. The van der Waals surface area contributed by atoms with Gasteiger partial charge in [0.15, 0.2) is 0 Å². The molecule has 1 aromatic heterocycles. The summed E-state index contributed by atoms with van der Waals surface area (Å²) in [5, 5.41) is 1.20. The minimum absolute atomic E-state index is 0.215. The van der Waals surface area contributed by atoms with E-state index in [1.54, 1.807) is 7.11 Å². The van der Waals surface area contributed by atoms with E-state index in [4.69, 9.17) is 10.5 Å². The summed E-state index contributed by atoms with van der Waals surface area (Å²) in [6.07, 6.45) is 2.73. The molecule has 0 fully saturated rings. The number of ether oxygens (including phenoxy) is 1. The molecule has 0 aliphatic heterocycles. The van der Waals surface area contributed by atoms with Crippen LogP contribution in [0.3, 0.4) is 0 Å². The molecule has 23 heavy (non-hydrogen) atoms. The van der Waals surface area contributed by atoms with Gasteiger partial charge in [-0.1, -0.05) is 30.3 Å². The lowest BCUT2D eigenvalue weighted by Crippen LogP contribution is -2.18. The van der Waals surface area contributed by atoms with E-state index in [9.17, 15) is 0 Å². The largest absolute Gasteiger partial charge is 0.497 e. The molecule has 2 aromatic carbocycles. The van der Waals surface area contributed by atoms with Crippen molar-refractivity contribution in [2.24, 2.45) is 5.73 Å². The van der Waals surface area contributed by atoms with Crippen LogP contribution in [0.5, 0.6) is 5.75 Å². The van der Waals surface area contributed by atoms with Gasteiger partial charge in [-0.05, 0) is 55.7 Å². The first-order valence-corrected chi connectivity index (χ1v) is 7.79. The Kier molecular flexibility index (Phi) is 6.12. The number of hydrogen-bond donors (Lipinski definition) is 1. The van der Waals surface area contributed by atoms with Crippen molar-refractivity contribution in [1.82, 2.24) is 4.98 Å². The third-order valence-electron chi connectivity index (χ3n) is 3.60. The van der Waals surface area contributed by atoms with Crippen LogP contribution in [0, 0.1) is 6.92 Å². The monoisotopic (exact) mass is 308 g/mol. The lowest BCUT2D eigenvalue weighted by molar-refractivity contribution is 0.414. The molecule has 1 unspecified atom stereocenters. The van der Waals surface area contributed by atoms with E-state index in [2.05, 4.69) is 30.1 Å². The Morgan fingerprint density at radius 2 is 1.83 bits per heavy atom. The van der Waals surface area contributed by atoms with Gasteiger partial charge in [-0.15, -0.1) is 0 Å². The number of rotatable bonds is 3. The third kappa shape index (κ3) is 5.08. The molecule has 0 radical (unpaired) electrons. The number of nitrogens with two attached hydrogens (primary N) is 1. The number of aromatic nitrogens is 1. The van der Waals surface area contributed by atoms with Gasteiger partial charge < -0.3 is 10.5 Å². The first-order chi connectivity index (χ1) is 11.1. The highest BCUT2D eigenvalue weighted by Crippen LogP contribution is 2.17. The molecule has 3 heteroatoms. The van der Waals surface area contributed by atoms with Gasteiger partial charge in [0, 0.05) is 17.6 Å². The number of fused-ring (bicyclic) bond motifs is 1. The molecule has 1 atom stereocenters. The van der Waals surface area contributed by atoms with Gasteiger partial charge in [0.2, 0.25) is 0 Å². The van der Waals surface area contributed by atoms with E-state index < -0.39 is 0 Å². The molecule has 0 saturated carbocycles. The van der Waals surface area contributed by atoms with Crippen LogP contribution in [-0.4, -0.2) is 18.1 Å². The highest BCUT2D eigenvalue weighted by molar-refractivity contribution is 5.77. The average Bonchev–Trinajstić information content (AvgIpc) is 2.57. The summed E-state index contributed by atoms with van der Waals surface area (Å²) < 4.78 is 5.12. The van der Waals surface area contributed by atoms with E-state index in [-0.39, 0.29) is 6.04 Å². The van der Waals surface area contributed by atoms with Gasteiger partial charge in [0.25, 0.3) is 0 Å². The maximum absolute atomic E-state index is 5.73. The van der Waals surface area contributed by atoms with Gasteiger partial charge in [0.05, 0.1) is 12.6 Å². The lowest BCUT2D eigenvalue weighted by atomic mass is 10.0. The van der Waals surface area contributed by atoms with Crippen molar-refractivity contribution in [3.8, 4) is 5.75 Å². The van der Waals surface area contributed by atoms with Crippen molar-refractivity contribution < 1.29 is 4.74 Å². The highest BCUT2D eigenvalue weighted by atomic mass is 16.5. The molecule has 3 rings (SSSR count). The van der Waals surface area contributed by atoms with Crippen molar-refractivity contribution in [1.29, 1.82) is 0 Å². The van der Waals surface area contributed by atoms with Gasteiger partial charge in [-0.3, -0.25) is 4.98 Å². The number of benzene rings is 2. The summed E-state index contributed by atoms with van der Waals surface area (Å²) in [7, 11) is 1.68. The molecular weight excluding hydrogens is 284 g/mol. The number of aryl methyl sites for hydroxylation is 1. The lowest BCUT2D eigenvalue weighted by Gasteiger charge is -2.09. The summed E-state index contributed by atoms with van der Waals surface area (Å²) in [6, 6.07) is 18.4. The zero-order valence-electron chi connectivity index (χ0n) is 14.0. The van der Waals surface area contributed by atoms with Crippen LogP contribution in [0.2, 0.25) is 0 Å². The summed E-state index contributed by atoms with van der Waals surface area (Å²) in [6.45, 7) is 4.10. The summed E-state index contributed by atoms with van der Waals surface area (Å²) in [5.41, 5.74) is 9.34. The SMILES string of the molecule is COc1ccc(CC(C)N)c(C)c1.c1ccc2ncccc2c1. The van der Waals surface area contributed by atoms with E-state index >= 15 is 0 Å². The molecular formula is C20H24N2O. The molecule has 120 valence electrons. The Bertz CT molecular complexity index is 688. The Labute approximate surface area is 138 Å². The van der Waals surface area contributed by atoms with E-state index in [0.29, 0.717) is 0 Å². The second kappa shape index (κ2) is 8.30. The fourth-order valence-electron chi connectivity index (χ4n) is 2.39. The average molecular weight is 308 g/mol. The Balaban J connectivity index is 0.000000172. The van der Waals surface area contributed by atoms with Gasteiger partial charge in [-0.25, -0.2) is 0 Å². The zero-order valence-corrected chi connectivity index (χ0v) is 14.0. The second-order valence-corrected chi connectivity index (χ2v) is 5.67. The Morgan fingerprint density at radius 1 is 1.09 bits per heavy atom. The van der Waals surface area contributed by atoms with Gasteiger partial charge >= 0.3 is 0 Å². The van der Waals surface area contributed by atoms with Crippen molar-refractivity contribution >= 4 is 10.9 Å². The minimum atomic E-state index is 0.215. The standard InChI is InChI=1S/C11H17NO.C9H7N/c1-8-6-11(13-3)5-4-10(8)7-9(2)12;1-2-6-9-8(4-1)5-3-7-10-9/h4-6,9H,7,12H2,1-3H3;1-7H. The smallest absolute Gasteiger partial charge is 0.119 e. The summed E-state index contributed by atoms with van der Waals surface area (Å²) >= 11 is 0. The molecule has 3 nitrogen and oxygen atoms in total. The fraction of sp³-hybridized carbons (Fsp3) is 0.250. The van der Waals surface area contributed by atoms with Gasteiger partial charge in [-0.2, -0.15) is 0 Å². The first kappa shape index (κ1) is 17.0. The topological polar surface area (TPSA) is 48.1 Å². The maximum Gasteiger partial charge on any atom is 0.119 e. The number of pyridine rings is 1. The third-order valence-corrected chi connectivity index (χ3v) is 3.60. The minimum Gasteiger partial charge on any atom is -0.497 e. The molecule has 0 bridgehead atoms. The molecule has 0 amide bonds. The predicted octanol–water partition coefficient (Wildman–Crippen LogP) is 4.13. The Hall–Kier alpha value is -2.39. The number of hydrogen-bond acceptors (Lipinski definition) is 3. The summed E-state index contributed by atoms with van der Waals surface area (Å²) in [4.78, 5) is 4.18. The summed E-state index contributed by atoms with van der Waals surface area (Å²) in [5.74, 6) is 0.908. The highest BCUT2D eigenvalue weighted by Gasteiger charge is 2.02. The van der Waals surface area contributed by atoms with Crippen LogP contribution in [0.15, 0.2) is 60.8 Å². The number of methoxy groups -OCH3 is 1. The van der Waals surface area contributed by atoms with Crippen LogP contribution >= 0.6 is 0 Å². The molecule has 2 N–H and O–H groups in total. The van der Waals surface area contributed by atoms with E-state index in [1.807, 2.05) is 49.5 Å². The number of nitrogens with zero attached hydrogens (tertiary/aromatic N) is 1. The fourth-order valence-corrected chi connectivity index (χ4v) is 2.39. The van der Waals surface area contributed by atoms with Gasteiger partial charge in [0.1, 0.15) is 5.75 Å². The zero-order chi connectivity index (χ0) is 16.7. The van der Waals surface area contributed by atoms with Crippen molar-refractivity contribution in [2.75, 3.05) is 7.11 Å². The van der Waals surface area contributed by atoms with Crippen LogP contribution in [0.1, 0.15) is 18.1 Å². The molecule has 0 spiro atoms. The van der Waals surface area contributed by atoms with Crippen molar-refractivity contribution in [2.45, 2.75) is 26.3 Å². The molecule has 0 aliphatic rings. The van der Waals surface area contributed by atoms with E-state index in [0.717, 1.165) is 17.7 Å².